The number of alkyl halides is 1. The second-order valence-corrected chi connectivity index (χ2v) is 6.51. The zero-order valence-corrected chi connectivity index (χ0v) is 13.0. The Morgan fingerprint density at radius 2 is 1.65 bits per heavy atom. The summed E-state index contributed by atoms with van der Waals surface area (Å²) in [6, 6.07) is 0. The van der Waals surface area contributed by atoms with Gasteiger partial charge in [-0.25, -0.2) is 0 Å². The molecule has 2 atom stereocenters. The first kappa shape index (κ1) is 15.5. The lowest BCUT2D eigenvalue weighted by Crippen LogP contribution is -2.23. The van der Waals surface area contributed by atoms with Crippen molar-refractivity contribution < 1.29 is 4.74 Å². The molecular formula is C15H29BrO. The van der Waals surface area contributed by atoms with Gasteiger partial charge in [-0.1, -0.05) is 74.2 Å². The molecule has 0 saturated heterocycles. The van der Waals surface area contributed by atoms with E-state index in [9.17, 15) is 0 Å². The molecule has 0 aromatic rings. The van der Waals surface area contributed by atoms with Gasteiger partial charge in [0, 0.05) is 11.4 Å². The number of rotatable bonds is 8. The molecule has 1 saturated carbocycles. The zero-order valence-electron chi connectivity index (χ0n) is 11.4. The minimum Gasteiger partial charge on any atom is -0.377 e. The standard InChI is InChI=1S/C15H29BrO/c1-2-3-4-5-6-10-13-17-15-12-9-7-8-11-14(15)16/h14-15H,2-13H2,1H3. The van der Waals surface area contributed by atoms with E-state index in [-0.39, 0.29) is 0 Å². The van der Waals surface area contributed by atoms with Crippen LogP contribution in [-0.4, -0.2) is 17.5 Å². The summed E-state index contributed by atoms with van der Waals surface area (Å²) in [5.41, 5.74) is 0. The molecule has 1 aliphatic rings. The van der Waals surface area contributed by atoms with Crippen LogP contribution in [-0.2, 0) is 4.74 Å². The SMILES string of the molecule is CCCCCCCCOC1CCCCCC1Br. The second-order valence-electron chi connectivity index (χ2n) is 5.33. The van der Waals surface area contributed by atoms with Crippen molar-refractivity contribution in [2.75, 3.05) is 6.61 Å². The molecule has 0 aliphatic heterocycles. The molecule has 0 spiro atoms. The van der Waals surface area contributed by atoms with E-state index in [1.807, 2.05) is 0 Å². The predicted octanol–water partition coefficient (Wildman–Crippen LogP) is 5.46. The van der Waals surface area contributed by atoms with Crippen molar-refractivity contribution in [1.82, 2.24) is 0 Å². The van der Waals surface area contributed by atoms with E-state index < -0.39 is 0 Å². The molecule has 1 nitrogen and oxygen atoms in total. The van der Waals surface area contributed by atoms with E-state index in [2.05, 4.69) is 22.9 Å². The molecule has 1 fully saturated rings. The van der Waals surface area contributed by atoms with Crippen LogP contribution in [0.5, 0.6) is 0 Å². The summed E-state index contributed by atoms with van der Waals surface area (Å²) in [7, 11) is 0. The maximum Gasteiger partial charge on any atom is 0.0700 e. The molecule has 0 amide bonds. The Bertz CT molecular complexity index is 172. The number of halogens is 1. The molecule has 2 heteroatoms. The Morgan fingerprint density at radius 1 is 0.941 bits per heavy atom. The molecule has 1 aliphatic carbocycles. The summed E-state index contributed by atoms with van der Waals surface area (Å²) >= 11 is 3.78. The first-order valence-corrected chi connectivity index (χ1v) is 8.52. The Kier molecular flexibility index (Phi) is 9.45. The molecule has 102 valence electrons. The Hall–Kier alpha value is 0.440. The predicted molar refractivity (Wildman–Crippen MR) is 78.9 cm³/mol. The first-order chi connectivity index (χ1) is 8.34. The fraction of sp³-hybridized carbons (Fsp3) is 1.00. The van der Waals surface area contributed by atoms with E-state index in [4.69, 9.17) is 4.74 Å². The topological polar surface area (TPSA) is 9.23 Å². The Morgan fingerprint density at radius 3 is 2.47 bits per heavy atom. The van der Waals surface area contributed by atoms with Gasteiger partial charge in [-0.3, -0.25) is 0 Å². The van der Waals surface area contributed by atoms with Gasteiger partial charge >= 0.3 is 0 Å². The highest BCUT2D eigenvalue weighted by molar-refractivity contribution is 9.09. The van der Waals surface area contributed by atoms with Gasteiger partial charge in [-0.2, -0.15) is 0 Å². The number of ether oxygens (including phenoxy) is 1. The average molecular weight is 305 g/mol. The van der Waals surface area contributed by atoms with Crippen LogP contribution < -0.4 is 0 Å². The smallest absolute Gasteiger partial charge is 0.0700 e. The Balaban J connectivity index is 1.97. The minimum atomic E-state index is 0.480. The summed E-state index contributed by atoms with van der Waals surface area (Å²) < 4.78 is 6.03. The third kappa shape index (κ3) is 7.46. The zero-order chi connectivity index (χ0) is 12.3. The molecule has 17 heavy (non-hydrogen) atoms. The number of hydrogen-bond donors (Lipinski definition) is 0. The number of unbranched alkanes of at least 4 members (excludes halogenated alkanes) is 5. The Labute approximate surface area is 116 Å². The van der Waals surface area contributed by atoms with Gasteiger partial charge in [0.25, 0.3) is 0 Å². The lowest BCUT2D eigenvalue weighted by atomic mass is 10.1. The van der Waals surface area contributed by atoms with E-state index in [1.54, 1.807) is 0 Å². The van der Waals surface area contributed by atoms with Crippen LogP contribution >= 0.6 is 15.9 Å². The van der Waals surface area contributed by atoms with E-state index in [1.165, 1.54) is 70.6 Å². The van der Waals surface area contributed by atoms with Gasteiger partial charge in [0.05, 0.1) is 6.10 Å². The number of hydrogen-bond acceptors (Lipinski definition) is 1. The normalized spacial score (nSPS) is 25.8. The van der Waals surface area contributed by atoms with Gasteiger partial charge in [0.1, 0.15) is 0 Å². The molecular weight excluding hydrogens is 276 g/mol. The van der Waals surface area contributed by atoms with Crippen molar-refractivity contribution >= 4 is 15.9 Å². The first-order valence-electron chi connectivity index (χ1n) is 7.60. The van der Waals surface area contributed by atoms with Crippen molar-refractivity contribution in [3.63, 3.8) is 0 Å². The van der Waals surface area contributed by atoms with Gasteiger partial charge in [-0.05, 0) is 19.3 Å². The van der Waals surface area contributed by atoms with E-state index in [0.717, 1.165) is 6.61 Å². The summed E-state index contributed by atoms with van der Waals surface area (Å²) in [4.78, 5) is 0.602. The largest absolute Gasteiger partial charge is 0.377 e. The molecule has 1 rings (SSSR count). The van der Waals surface area contributed by atoms with Crippen molar-refractivity contribution in [1.29, 1.82) is 0 Å². The monoisotopic (exact) mass is 304 g/mol. The van der Waals surface area contributed by atoms with Crippen LogP contribution in [0.4, 0.5) is 0 Å². The average Bonchev–Trinajstić information content (AvgIpc) is 2.53. The molecule has 0 bridgehead atoms. The summed E-state index contributed by atoms with van der Waals surface area (Å²) in [5.74, 6) is 0. The van der Waals surface area contributed by atoms with Gasteiger partial charge in [0.15, 0.2) is 0 Å². The quantitative estimate of drug-likeness (QED) is 0.329. The molecule has 0 aromatic carbocycles. The lowest BCUT2D eigenvalue weighted by Gasteiger charge is -2.20. The summed E-state index contributed by atoms with van der Waals surface area (Å²) in [6.07, 6.45) is 15.3. The molecule has 0 heterocycles. The fourth-order valence-corrected chi connectivity index (χ4v) is 3.27. The van der Waals surface area contributed by atoms with Crippen LogP contribution in [0.2, 0.25) is 0 Å². The fourth-order valence-electron chi connectivity index (χ4n) is 2.53. The highest BCUT2D eigenvalue weighted by atomic mass is 79.9. The maximum atomic E-state index is 6.03. The maximum absolute atomic E-state index is 6.03. The summed E-state index contributed by atoms with van der Waals surface area (Å²) in [5, 5.41) is 0. The second kappa shape index (κ2) is 10.4. The molecule has 0 N–H and O–H groups in total. The van der Waals surface area contributed by atoms with Crippen molar-refractivity contribution in [2.24, 2.45) is 0 Å². The highest BCUT2D eigenvalue weighted by Crippen LogP contribution is 2.26. The van der Waals surface area contributed by atoms with Gasteiger partial charge < -0.3 is 4.74 Å². The van der Waals surface area contributed by atoms with Crippen molar-refractivity contribution in [3.05, 3.63) is 0 Å². The van der Waals surface area contributed by atoms with E-state index in [0.29, 0.717) is 10.9 Å². The van der Waals surface area contributed by atoms with Crippen LogP contribution in [0.15, 0.2) is 0 Å². The van der Waals surface area contributed by atoms with Crippen LogP contribution in [0, 0.1) is 0 Å². The van der Waals surface area contributed by atoms with Gasteiger partial charge in [-0.15, -0.1) is 0 Å². The molecule has 0 radical (unpaired) electrons. The third-order valence-corrected chi connectivity index (χ3v) is 4.75. The lowest BCUT2D eigenvalue weighted by molar-refractivity contribution is 0.0458. The third-order valence-electron chi connectivity index (χ3n) is 3.70. The van der Waals surface area contributed by atoms with Crippen LogP contribution in [0.3, 0.4) is 0 Å². The molecule has 2 unspecified atom stereocenters. The van der Waals surface area contributed by atoms with Crippen molar-refractivity contribution in [2.45, 2.75) is 88.5 Å². The summed E-state index contributed by atoms with van der Waals surface area (Å²) in [6.45, 7) is 3.24. The minimum absolute atomic E-state index is 0.480. The van der Waals surface area contributed by atoms with Crippen molar-refractivity contribution in [3.8, 4) is 0 Å². The van der Waals surface area contributed by atoms with Crippen LogP contribution in [0.1, 0.15) is 77.6 Å². The van der Waals surface area contributed by atoms with Crippen LogP contribution in [0.25, 0.3) is 0 Å². The van der Waals surface area contributed by atoms with Gasteiger partial charge in [0.2, 0.25) is 0 Å². The van der Waals surface area contributed by atoms with E-state index >= 15 is 0 Å². The molecule has 0 aromatic heterocycles. The highest BCUT2D eigenvalue weighted by Gasteiger charge is 2.21.